The standard InChI is InChI=1S/C24H15FN8O4S/c1-2-37-18-8-13(11-27-17(18)10-26)21-29-22(31-24(34)19-6-7-20(38-19)33(35)36)16-12-28-32(23(16)30-21)15-5-3-4-14(25)9-15/h3-9,11-12H,2H2,1H3,(H,29,30,31,34). The van der Waals surface area contributed by atoms with E-state index in [2.05, 4.69) is 25.4 Å². The van der Waals surface area contributed by atoms with Crippen LogP contribution in [0.15, 0.2) is 54.9 Å². The Morgan fingerprint density at radius 3 is 2.82 bits per heavy atom. The molecule has 0 aliphatic carbocycles. The van der Waals surface area contributed by atoms with Crippen molar-refractivity contribution in [2.24, 2.45) is 0 Å². The number of pyridine rings is 1. The Morgan fingerprint density at radius 2 is 2.11 bits per heavy atom. The number of ether oxygens (including phenoxy) is 1. The number of carbonyl (C=O) groups excluding carboxylic acids is 1. The number of hydrogen-bond donors (Lipinski definition) is 1. The third-order valence-electron chi connectivity index (χ3n) is 5.23. The van der Waals surface area contributed by atoms with Crippen molar-refractivity contribution < 1.29 is 18.8 Å². The van der Waals surface area contributed by atoms with E-state index >= 15 is 0 Å². The molecular weight excluding hydrogens is 515 g/mol. The number of nitrogens with zero attached hydrogens (tertiary/aromatic N) is 7. The second-order valence-electron chi connectivity index (χ2n) is 7.63. The predicted octanol–water partition coefficient (Wildman–Crippen LogP) is 4.51. The number of rotatable bonds is 7. The highest BCUT2D eigenvalue weighted by Gasteiger charge is 2.21. The molecule has 1 amide bonds. The lowest BCUT2D eigenvalue weighted by Gasteiger charge is -2.10. The third-order valence-corrected chi connectivity index (χ3v) is 6.26. The summed E-state index contributed by atoms with van der Waals surface area (Å²) in [7, 11) is 0. The van der Waals surface area contributed by atoms with Gasteiger partial charge < -0.3 is 10.1 Å². The van der Waals surface area contributed by atoms with Crippen LogP contribution in [0, 0.1) is 27.3 Å². The number of anilines is 1. The molecule has 5 aromatic rings. The largest absolute Gasteiger partial charge is 0.491 e. The third kappa shape index (κ3) is 4.61. The lowest BCUT2D eigenvalue weighted by atomic mass is 10.2. The molecule has 0 unspecified atom stereocenters. The van der Waals surface area contributed by atoms with E-state index in [0.29, 0.717) is 34.6 Å². The number of thiophene rings is 1. The minimum absolute atomic E-state index is 0.0658. The molecule has 0 bridgehead atoms. The molecule has 1 N–H and O–H groups in total. The zero-order chi connectivity index (χ0) is 26.8. The highest BCUT2D eigenvalue weighted by molar-refractivity contribution is 7.17. The van der Waals surface area contributed by atoms with E-state index in [-0.39, 0.29) is 38.6 Å². The van der Waals surface area contributed by atoms with Gasteiger partial charge in [0.05, 0.1) is 33.7 Å². The molecule has 0 saturated carbocycles. The van der Waals surface area contributed by atoms with Crippen LogP contribution in [0.1, 0.15) is 22.3 Å². The summed E-state index contributed by atoms with van der Waals surface area (Å²) in [5.74, 6) is -0.699. The van der Waals surface area contributed by atoms with Crippen LogP contribution in [0.2, 0.25) is 0 Å². The lowest BCUT2D eigenvalue weighted by molar-refractivity contribution is -0.380. The van der Waals surface area contributed by atoms with Crippen LogP contribution < -0.4 is 10.1 Å². The number of fused-ring (bicyclic) bond motifs is 1. The van der Waals surface area contributed by atoms with Crippen molar-refractivity contribution in [3.05, 3.63) is 81.4 Å². The van der Waals surface area contributed by atoms with E-state index in [9.17, 15) is 24.6 Å². The number of benzene rings is 1. The molecule has 38 heavy (non-hydrogen) atoms. The van der Waals surface area contributed by atoms with Crippen molar-refractivity contribution in [2.75, 3.05) is 11.9 Å². The lowest BCUT2D eigenvalue weighted by Crippen LogP contribution is -2.13. The van der Waals surface area contributed by atoms with Crippen molar-refractivity contribution >= 4 is 39.1 Å². The van der Waals surface area contributed by atoms with Gasteiger partial charge in [0.1, 0.15) is 17.7 Å². The van der Waals surface area contributed by atoms with E-state index in [4.69, 9.17) is 4.74 Å². The van der Waals surface area contributed by atoms with Gasteiger partial charge in [-0.1, -0.05) is 17.4 Å². The highest BCUT2D eigenvalue weighted by atomic mass is 32.1. The topological polar surface area (TPSA) is 162 Å². The van der Waals surface area contributed by atoms with Gasteiger partial charge in [0.15, 0.2) is 22.9 Å². The molecule has 0 aliphatic heterocycles. The zero-order valence-electron chi connectivity index (χ0n) is 19.5. The van der Waals surface area contributed by atoms with E-state index in [1.54, 1.807) is 19.1 Å². The van der Waals surface area contributed by atoms with Crippen molar-refractivity contribution in [2.45, 2.75) is 6.92 Å². The number of amides is 1. The normalized spacial score (nSPS) is 10.8. The first-order valence-electron chi connectivity index (χ1n) is 11.0. The Bertz CT molecular complexity index is 1760. The summed E-state index contributed by atoms with van der Waals surface area (Å²) < 4.78 is 20.9. The summed E-state index contributed by atoms with van der Waals surface area (Å²) >= 11 is 0.715. The van der Waals surface area contributed by atoms with Crippen LogP contribution in [-0.2, 0) is 0 Å². The molecule has 0 saturated heterocycles. The second kappa shape index (κ2) is 9.99. The summed E-state index contributed by atoms with van der Waals surface area (Å²) in [6, 6.07) is 11.8. The molecule has 0 spiro atoms. The molecule has 0 fully saturated rings. The van der Waals surface area contributed by atoms with Gasteiger partial charge in [-0.15, -0.1) is 0 Å². The Hall–Kier alpha value is -5.29. The maximum atomic E-state index is 14.0. The van der Waals surface area contributed by atoms with Crippen molar-refractivity contribution in [1.29, 1.82) is 5.26 Å². The van der Waals surface area contributed by atoms with Crippen molar-refractivity contribution in [3.8, 4) is 28.9 Å². The number of nitriles is 1. The van der Waals surface area contributed by atoms with Crippen molar-refractivity contribution in [1.82, 2.24) is 24.7 Å². The summed E-state index contributed by atoms with van der Waals surface area (Å²) in [5, 5.41) is 27.5. The zero-order valence-corrected chi connectivity index (χ0v) is 20.3. The monoisotopic (exact) mass is 530 g/mol. The van der Waals surface area contributed by atoms with Crippen LogP contribution >= 0.6 is 11.3 Å². The van der Waals surface area contributed by atoms with Crippen LogP contribution in [0.4, 0.5) is 15.2 Å². The molecule has 12 nitrogen and oxygen atoms in total. The predicted molar refractivity (Wildman–Crippen MR) is 135 cm³/mol. The molecular formula is C24H15FN8O4S. The fraction of sp³-hybridized carbons (Fsp3) is 0.0833. The number of nitrogens with one attached hydrogen (secondary N) is 1. The first-order chi connectivity index (χ1) is 18.4. The van der Waals surface area contributed by atoms with Crippen LogP contribution in [-0.4, -0.2) is 42.2 Å². The SMILES string of the molecule is CCOc1cc(-c2nc(NC(=O)c3ccc([N+](=O)[O-])s3)c3cnn(-c4cccc(F)c4)c3n2)cnc1C#N. The quantitative estimate of drug-likeness (QED) is 0.236. The van der Waals surface area contributed by atoms with Gasteiger partial charge in [-0.05, 0) is 37.3 Å². The average molecular weight is 531 g/mol. The first kappa shape index (κ1) is 24.4. The Kier molecular flexibility index (Phi) is 6.42. The van der Waals surface area contributed by atoms with Crippen LogP contribution in [0.5, 0.6) is 5.75 Å². The summed E-state index contributed by atoms with van der Waals surface area (Å²) in [6.45, 7) is 2.05. The molecule has 4 heterocycles. The van der Waals surface area contributed by atoms with Crippen LogP contribution in [0.3, 0.4) is 0 Å². The van der Waals surface area contributed by atoms with Gasteiger partial charge in [-0.3, -0.25) is 14.9 Å². The summed E-state index contributed by atoms with van der Waals surface area (Å²) in [5.41, 5.74) is 1.08. The van der Waals surface area contributed by atoms with Gasteiger partial charge in [0, 0.05) is 17.8 Å². The van der Waals surface area contributed by atoms with Crippen LogP contribution in [0.25, 0.3) is 28.1 Å². The maximum absolute atomic E-state index is 14.0. The number of aromatic nitrogens is 5. The molecule has 0 radical (unpaired) electrons. The molecule has 0 aliphatic rings. The highest BCUT2D eigenvalue weighted by Crippen LogP contribution is 2.30. The summed E-state index contributed by atoms with van der Waals surface area (Å²) in [6.07, 6.45) is 2.80. The van der Waals surface area contributed by atoms with Gasteiger partial charge in [-0.2, -0.15) is 10.4 Å². The Balaban J connectivity index is 1.66. The fourth-order valence-electron chi connectivity index (χ4n) is 3.56. The smallest absolute Gasteiger partial charge is 0.324 e. The number of carbonyl (C=O) groups is 1. The minimum Gasteiger partial charge on any atom is -0.491 e. The number of nitro groups is 1. The number of hydrogen-bond acceptors (Lipinski definition) is 10. The minimum atomic E-state index is -0.625. The van der Waals surface area contributed by atoms with Gasteiger partial charge in [0.2, 0.25) is 0 Å². The van der Waals surface area contributed by atoms with Gasteiger partial charge >= 0.3 is 5.00 Å². The summed E-state index contributed by atoms with van der Waals surface area (Å²) in [4.78, 5) is 36.7. The van der Waals surface area contributed by atoms with Gasteiger partial charge in [-0.25, -0.2) is 24.0 Å². The average Bonchev–Trinajstić information content (AvgIpc) is 3.57. The molecule has 14 heteroatoms. The molecule has 4 aromatic heterocycles. The molecule has 5 rings (SSSR count). The second-order valence-corrected chi connectivity index (χ2v) is 8.70. The first-order valence-corrected chi connectivity index (χ1v) is 11.8. The molecule has 0 atom stereocenters. The maximum Gasteiger partial charge on any atom is 0.324 e. The molecule has 188 valence electrons. The Morgan fingerprint density at radius 1 is 1.26 bits per heavy atom. The molecule has 1 aromatic carbocycles. The van der Waals surface area contributed by atoms with E-state index in [0.717, 1.165) is 0 Å². The van der Waals surface area contributed by atoms with E-state index in [1.807, 2.05) is 6.07 Å². The van der Waals surface area contributed by atoms with Crippen molar-refractivity contribution in [3.63, 3.8) is 0 Å². The van der Waals surface area contributed by atoms with E-state index in [1.165, 1.54) is 47.4 Å². The van der Waals surface area contributed by atoms with Gasteiger partial charge in [0.25, 0.3) is 5.91 Å². The van der Waals surface area contributed by atoms with E-state index < -0.39 is 16.6 Å². The number of halogens is 1. The Labute approximate surface area is 217 Å². The fourth-order valence-corrected chi connectivity index (χ4v) is 4.28.